The summed E-state index contributed by atoms with van der Waals surface area (Å²) in [5.74, 6) is -0.139. The highest BCUT2D eigenvalue weighted by Gasteiger charge is 2.36. The molecule has 0 amide bonds. The Labute approximate surface area is 130 Å². The van der Waals surface area contributed by atoms with E-state index in [0.29, 0.717) is 11.3 Å². The van der Waals surface area contributed by atoms with Gasteiger partial charge in [0.25, 0.3) is 0 Å². The fourth-order valence-electron chi connectivity index (χ4n) is 1.54. The van der Waals surface area contributed by atoms with E-state index in [1.54, 1.807) is 25.1 Å². The van der Waals surface area contributed by atoms with Gasteiger partial charge in [0.05, 0.1) is 0 Å². The van der Waals surface area contributed by atoms with Crippen LogP contribution >= 0.6 is 31.9 Å². The van der Waals surface area contributed by atoms with Gasteiger partial charge < -0.3 is 4.74 Å². The molecule has 1 aromatic carbocycles. The molecule has 0 unspecified atom stereocenters. The lowest BCUT2D eigenvalue weighted by atomic mass is 10.2. The Morgan fingerprint density at radius 2 is 1.80 bits per heavy atom. The van der Waals surface area contributed by atoms with Crippen molar-refractivity contribution in [3.8, 4) is 11.6 Å². The SMILES string of the molecule is Cc1cc(Br)ccc1Oc1ncc(Br)cc1C(F)(F)F. The van der Waals surface area contributed by atoms with Crippen LogP contribution in [0.5, 0.6) is 11.6 Å². The Kier molecular flexibility index (Phi) is 4.39. The lowest BCUT2D eigenvalue weighted by Gasteiger charge is -2.14. The first kappa shape index (κ1) is 15.3. The molecule has 1 aromatic heterocycles. The van der Waals surface area contributed by atoms with Crippen molar-refractivity contribution in [1.29, 1.82) is 0 Å². The minimum atomic E-state index is -4.53. The predicted octanol–water partition coefficient (Wildman–Crippen LogP) is 5.73. The van der Waals surface area contributed by atoms with Gasteiger partial charge in [0.1, 0.15) is 11.3 Å². The molecular formula is C13H8Br2F3NO. The number of ether oxygens (including phenoxy) is 1. The van der Waals surface area contributed by atoms with Crippen molar-refractivity contribution in [2.75, 3.05) is 0 Å². The largest absolute Gasteiger partial charge is 0.438 e. The van der Waals surface area contributed by atoms with Crippen molar-refractivity contribution in [1.82, 2.24) is 4.98 Å². The number of aromatic nitrogens is 1. The Hall–Kier alpha value is -1.08. The summed E-state index contributed by atoms with van der Waals surface area (Å²) in [5, 5.41) is 0. The van der Waals surface area contributed by atoms with Gasteiger partial charge in [-0.2, -0.15) is 13.2 Å². The highest BCUT2D eigenvalue weighted by molar-refractivity contribution is 9.10. The van der Waals surface area contributed by atoms with Crippen LogP contribution in [0.15, 0.2) is 39.4 Å². The molecule has 20 heavy (non-hydrogen) atoms. The molecule has 0 aliphatic heterocycles. The standard InChI is InChI=1S/C13H8Br2F3NO/c1-7-4-8(14)2-3-11(7)20-12-10(13(16,17)18)5-9(15)6-19-12/h2-6H,1H3. The molecule has 0 bridgehead atoms. The minimum absolute atomic E-state index is 0.240. The zero-order valence-corrected chi connectivity index (χ0v) is 13.3. The summed E-state index contributed by atoms with van der Waals surface area (Å²) in [6.07, 6.45) is -3.27. The molecule has 2 nitrogen and oxygen atoms in total. The summed E-state index contributed by atoms with van der Waals surface area (Å²) >= 11 is 6.25. The molecule has 106 valence electrons. The summed E-state index contributed by atoms with van der Waals surface area (Å²) in [6, 6.07) is 5.97. The second kappa shape index (κ2) is 5.73. The summed E-state index contributed by atoms with van der Waals surface area (Å²) in [4.78, 5) is 3.70. The molecule has 2 rings (SSSR count). The van der Waals surface area contributed by atoms with E-state index in [9.17, 15) is 13.2 Å². The van der Waals surface area contributed by atoms with Gasteiger partial charge in [-0.1, -0.05) is 15.9 Å². The van der Waals surface area contributed by atoms with Gasteiger partial charge in [-0.3, -0.25) is 0 Å². The van der Waals surface area contributed by atoms with E-state index in [1.165, 1.54) is 6.20 Å². The van der Waals surface area contributed by atoms with Crippen molar-refractivity contribution in [3.05, 3.63) is 50.5 Å². The average molecular weight is 411 g/mol. The van der Waals surface area contributed by atoms with Crippen LogP contribution in [0.3, 0.4) is 0 Å². The van der Waals surface area contributed by atoms with Crippen LogP contribution < -0.4 is 4.74 Å². The topological polar surface area (TPSA) is 22.1 Å². The van der Waals surface area contributed by atoms with Gasteiger partial charge in [0.15, 0.2) is 0 Å². The van der Waals surface area contributed by atoms with E-state index in [0.717, 1.165) is 10.5 Å². The van der Waals surface area contributed by atoms with Crippen molar-refractivity contribution in [2.45, 2.75) is 13.1 Å². The molecule has 0 fully saturated rings. The predicted molar refractivity (Wildman–Crippen MR) is 75.9 cm³/mol. The number of hydrogen-bond acceptors (Lipinski definition) is 2. The third-order valence-electron chi connectivity index (χ3n) is 2.47. The highest BCUT2D eigenvalue weighted by Crippen LogP contribution is 2.38. The summed E-state index contributed by atoms with van der Waals surface area (Å²) < 4.78 is 45.2. The second-order valence-electron chi connectivity index (χ2n) is 4.02. The van der Waals surface area contributed by atoms with E-state index >= 15 is 0 Å². The molecule has 7 heteroatoms. The zero-order chi connectivity index (χ0) is 14.9. The van der Waals surface area contributed by atoms with Crippen molar-refractivity contribution >= 4 is 31.9 Å². The number of hydrogen-bond donors (Lipinski definition) is 0. The third kappa shape index (κ3) is 3.52. The number of halogens is 5. The second-order valence-corrected chi connectivity index (χ2v) is 5.85. The maximum absolute atomic E-state index is 12.9. The molecule has 0 spiro atoms. The van der Waals surface area contributed by atoms with Crippen LogP contribution in [-0.2, 0) is 6.18 Å². The molecule has 2 aromatic rings. The molecule has 0 saturated heterocycles. The quantitative estimate of drug-likeness (QED) is 0.631. The van der Waals surface area contributed by atoms with Crippen LogP contribution in [0.25, 0.3) is 0 Å². The first-order chi connectivity index (χ1) is 9.27. The molecule has 0 N–H and O–H groups in total. The fourth-order valence-corrected chi connectivity index (χ4v) is 2.35. The van der Waals surface area contributed by atoms with Crippen molar-refractivity contribution in [2.24, 2.45) is 0 Å². The maximum atomic E-state index is 12.9. The first-order valence-corrected chi connectivity index (χ1v) is 7.03. The van der Waals surface area contributed by atoms with Crippen LogP contribution in [-0.4, -0.2) is 4.98 Å². The molecule has 0 aliphatic carbocycles. The summed E-state index contributed by atoms with van der Waals surface area (Å²) in [6.45, 7) is 1.74. The number of benzene rings is 1. The van der Waals surface area contributed by atoms with Crippen molar-refractivity contribution < 1.29 is 17.9 Å². The maximum Gasteiger partial charge on any atom is 0.421 e. The number of nitrogens with zero attached hydrogens (tertiary/aromatic N) is 1. The van der Waals surface area contributed by atoms with Gasteiger partial charge in [-0.25, -0.2) is 4.98 Å². The average Bonchev–Trinajstić information content (AvgIpc) is 2.33. The smallest absolute Gasteiger partial charge is 0.421 e. The number of rotatable bonds is 2. The number of alkyl halides is 3. The Balaban J connectivity index is 2.43. The summed E-state index contributed by atoms with van der Waals surface area (Å²) in [5.41, 5.74) is -0.216. The van der Waals surface area contributed by atoms with Gasteiger partial charge in [0.2, 0.25) is 5.88 Å². The first-order valence-electron chi connectivity index (χ1n) is 5.44. The Morgan fingerprint density at radius 1 is 1.10 bits per heavy atom. The molecule has 0 radical (unpaired) electrons. The normalized spacial score (nSPS) is 11.5. The van der Waals surface area contributed by atoms with Gasteiger partial charge in [-0.15, -0.1) is 0 Å². The van der Waals surface area contributed by atoms with E-state index in [1.807, 2.05) is 0 Å². The third-order valence-corrected chi connectivity index (χ3v) is 3.39. The Morgan fingerprint density at radius 3 is 2.40 bits per heavy atom. The van der Waals surface area contributed by atoms with Gasteiger partial charge >= 0.3 is 6.18 Å². The lowest BCUT2D eigenvalue weighted by molar-refractivity contribution is -0.138. The minimum Gasteiger partial charge on any atom is -0.438 e. The van der Waals surface area contributed by atoms with E-state index in [-0.39, 0.29) is 4.47 Å². The van der Waals surface area contributed by atoms with Gasteiger partial charge in [-0.05, 0) is 52.7 Å². The van der Waals surface area contributed by atoms with E-state index < -0.39 is 17.6 Å². The lowest BCUT2D eigenvalue weighted by Crippen LogP contribution is -2.08. The van der Waals surface area contributed by atoms with Crippen molar-refractivity contribution in [3.63, 3.8) is 0 Å². The Bertz CT molecular complexity index is 644. The van der Waals surface area contributed by atoms with Crippen LogP contribution in [0.1, 0.15) is 11.1 Å². The van der Waals surface area contributed by atoms with E-state index in [2.05, 4.69) is 36.8 Å². The van der Waals surface area contributed by atoms with Crippen LogP contribution in [0.2, 0.25) is 0 Å². The molecule has 0 atom stereocenters. The molecular weight excluding hydrogens is 403 g/mol. The molecule has 1 heterocycles. The van der Waals surface area contributed by atoms with Gasteiger partial charge in [0, 0.05) is 15.1 Å². The van der Waals surface area contributed by atoms with Crippen LogP contribution in [0.4, 0.5) is 13.2 Å². The fraction of sp³-hybridized carbons (Fsp3) is 0.154. The van der Waals surface area contributed by atoms with Crippen LogP contribution in [0, 0.1) is 6.92 Å². The summed E-state index contributed by atoms with van der Waals surface area (Å²) in [7, 11) is 0. The van der Waals surface area contributed by atoms with E-state index in [4.69, 9.17) is 4.74 Å². The number of aryl methyl sites for hydroxylation is 1. The number of pyridine rings is 1. The zero-order valence-electron chi connectivity index (χ0n) is 10.1. The monoisotopic (exact) mass is 409 g/mol. The molecule has 0 saturated carbocycles. The molecule has 0 aliphatic rings. The highest BCUT2D eigenvalue weighted by atomic mass is 79.9.